The van der Waals surface area contributed by atoms with Gasteiger partial charge in [0.1, 0.15) is 5.75 Å². The fourth-order valence-electron chi connectivity index (χ4n) is 1.22. The van der Waals surface area contributed by atoms with Gasteiger partial charge in [0, 0.05) is 19.7 Å². The molecule has 0 aliphatic rings. The second-order valence-electron chi connectivity index (χ2n) is 3.83. The van der Waals surface area contributed by atoms with Crippen molar-refractivity contribution in [3.63, 3.8) is 0 Å². The van der Waals surface area contributed by atoms with Gasteiger partial charge in [-0.05, 0) is 18.6 Å². The maximum absolute atomic E-state index is 5.70. The zero-order chi connectivity index (χ0) is 11.8. The number of ether oxygens (including phenoxy) is 1. The van der Waals surface area contributed by atoms with Crippen LogP contribution in [0, 0.1) is 0 Å². The Morgan fingerprint density at radius 3 is 2.75 bits per heavy atom. The third-order valence-corrected chi connectivity index (χ3v) is 2.10. The summed E-state index contributed by atoms with van der Waals surface area (Å²) >= 11 is 0. The van der Waals surface area contributed by atoms with Crippen LogP contribution in [0.3, 0.4) is 0 Å². The first-order valence-electron chi connectivity index (χ1n) is 5.67. The van der Waals surface area contributed by atoms with Crippen LogP contribution >= 0.6 is 0 Å². The number of hydrazone groups is 1. The predicted octanol–water partition coefficient (Wildman–Crippen LogP) is 2.76. The van der Waals surface area contributed by atoms with Gasteiger partial charge < -0.3 is 9.75 Å². The van der Waals surface area contributed by atoms with Gasteiger partial charge in [-0.1, -0.05) is 25.5 Å². The highest BCUT2D eigenvalue weighted by molar-refractivity contribution is 5.83. The van der Waals surface area contributed by atoms with E-state index in [1.165, 1.54) is 0 Å². The molecule has 0 aliphatic carbocycles. The molecule has 0 atom stereocenters. The highest BCUT2D eigenvalue weighted by Crippen LogP contribution is 2.16. The lowest BCUT2D eigenvalue weighted by molar-refractivity contribution is 0.309. The van der Waals surface area contributed by atoms with Crippen LogP contribution in [-0.2, 0) is 0 Å². The number of rotatable bonds is 6. The fourth-order valence-corrected chi connectivity index (χ4v) is 1.22. The lowest BCUT2D eigenvalue weighted by Crippen LogP contribution is -2.03. The Balaban J connectivity index is 2.67. The minimum absolute atomic E-state index is 0.767. The van der Waals surface area contributed by atoms with E-state index in [0.717, 1.165) is 30.8 Å². The molecule has 0 aliphatic heterocycles. The van der Waals surface area contributed by atoms with Crippen LogP contribution < -0.4 is 4.74 Å². The highest BCUT2D eigenvalue weighted by Gasteiger charge is 1.99. The monoisotopic (exact) mass is 220 g/mol. The van der Waals surface area contributed by atoms with Crippen molar-refractivity contribution in [2.45, 2.75) is 19.8 Å². The van der Waals surface area contributed by atoms with Gasteiger partial charge in [-0.3, -0.25) is 0 Å². The largest absolute Gasteiger partial charge is 0.493 e. The zero-order valence-electron chi connectivity index (χ0n) is 10.3. The van der Waals surface area contributed by atoms with Crippen LogP contribution in [0.25, 0.3) is 0 Å². The van der Waals surface area contributed by atoms with E-state index in [0.29, 0.717) is 0 Å². The number of unbranched alkanes of at least 4 members (excludes halogenated alkanes) is 1. The van der Waals surface area contributed by atoms with E-state index in [1.807, 2.05) is 44.6 Å². The van der Waals surface area contributed by atoms with Gasteiger partial charge in [0.15, 0.2) is 0 Å². The summed E-state index contributed by atoms with van der Waals surface area (Å²) < 4.78 is 5.70. The van der Waals surface area contributed by atoms with Gasteiger partial charge >= 0.3 is 0 Å². The summed E-state index contributed by atoms with van der Waals surface area (Å²) in [5.41, 5.74) is 1.02. The molecule has 0 fully saturated rings. The van der Waals surface area contributed by atoms with Gasteiger partial charge in [-0.2, -0.15) is 5.10 Å². The molecular formula is C13H20N2O. The van der Waals surface area contributed by atoms with E-state index in [9.17, 15) is 0 Å². The van der Waals surface area contributed by atoms with Crippen LogP contribution in [-0.4, -0.2) is 31.9 Å². The molecule has 1 aromatic rings. The molecule has 0 bridgehead atoms. The first-order valence-corrected chi connectivity index (χ1v) is 5.67. The Hall–Kier alpha value is -1.51. The number of para-hydroxylation sites is 1. The van der Waals surface area contributed by atoms with Crippen molar-refractivity contribution in [2.24, 2.45) is 5.10 Å². The van der Waals surface area contributed by atoms with Crippen LogP contribution in [0.15, 0.2) is 29.4 Å². The Labute approximate surface area is 97.7 Å². The lowest BCUT2D eigenvalue weighted by atomic mass is 10.2. The summed E-state index contributed by atoms with van der Waals surface area (Å²) in [4.78, 5) is 0. The Morgan fingerprint density at radius 2 is 2.06 bits per heavy atom. The molecular weight excluding hydrogens is 200 g/mol. The molecule has 0 radical (unpaired) electrons. The van der Waals surface area contributed by atoms with Gasteiger partial charge in [0.2, 0.25) is 0 Å². The summed E-state index contributed by atoms with van der Waals surface area (Å²) in [6, 6.07) is 7.96. The summed E-state index contributed by atoms with van der Waals surface area (Å²) in [5, 5.41) is 5.98. The quantitative estimate of drug-likeness (QED) is 0.418. The van der Waals surface area contributed by atoms with Gasteiger partial charge in [0.05, 0.1) is 12.8 Å². The SMILES string of the molecule is CCCCOc1ccccc1/C=N/N(C)C. The molecule has 0 saturated heterocycles. The third kappa shape index (κ3) is 4.34. The van der Waals surface area contributed by atoms with Crippen LogP contribution in [0.2, 0.25) is 0 Å². The van der Waals surface area contributed by atoms with Crippen molar-refractivity contribution in [1.29, 1.82) is 0 Å². The molecule has 0 saturated carbocycles. The van der Waals surface area contributed by atoms with Crippen LogP contribution in [0.4, 0.5) is 0 Å². The molecule has 0 unspecified atom stereocenters. The second-order valence-corrected chi connectivity index (χ2v) is 3.83. The Bertz CT molecular complexity index is 334. The average Bonchev–Trinajstić information content (AvgIpc) is 2.28. The van der Waals surface area contributed by atoms with Crippen molar-refractivity contribution >= 4 is 6.21 Å². The summed E-state index contributed by atoms with van der Waals surface area (Å²) in [7, 11) is 3.80. The normalized spacial score (nSPS) is 10.7. The first kappa shape index (κ1) is 12.6. The third-order valence-electron chi connectivity index (χ3n) is 2.10. The zero-order valence-corrected chi connectivity index (χ0v) is 10.3. The molecule has 88 valence electrons. The predicted molar refractivity (Wildman–Crippen MR) is 68.1 cm³/mol. The molecule has 16 heavy (non-hydrogen) atoms. The van der Waals surface area contributed by atoms with E-state index >= 15 is 0 Å². The smallest absolute Gasteiger partial charge is 0.128 e. The first-order chi connectivity index (χ1) is 7.74. The van der Waals surface area contributed by atoms with E-state index in [-0.39, 0.29) is 0 Å². The average molecular weight is 220 g/mol. The standard InChI is InChI=1S/C13H20N2O/c1-4-5-10-16-13-9-7-6-8-12(13)11-14-15(2)3/h6-9,11H,4-5,10H2,1-3H3/b14-11+. The molecule has 1 rings (SSSR count). The summed E-state index contributed by atoms with van der Waals surface area (Å²) in [5.74, 6) is 0.904. The van der Waals surface area contributed by atoms with Crippen molar-refractivity contribution in [3.05, 3.63) is 29.8 Å². The second kappa shape index (κ2) is 6.88. The molecule has 0 amide bonds. The van der Waals surface area contributed by atoms with E-state index < -0.39 is 0 Å². The summed E-state index contributed by atoms with van der Waals surface area (Å²) in [6.07, 6.45) is 4.05. The fraction of sp³-hybridized carbons (Fsp3) is 0.462. The van der Waals surface area contributed by atoms with Gasteiger partial charge in [0.25, 0.3) is 0 Å². The Morgan fingerprint density at radius 1 is 1.31 bits per heavy atom. The maximum Gasteiger partial charge on any atom is 0.128 e. The Kier molecular flexibility index (Phi) is 5.40. The highest BCUT2D eigenvalue weighted by atomic mass is 16.5. The number of hydrogen-bond donors (Lipinski definition) is 0. The molecule has 0 heterocycles. The molecule has 0 N–H and O–H groups in total. The van der Waals surface area contributed by atoms with Gasteiger partial charge in [-0.25, -0.2) is 0 Å². The van der Waals surface area contributed by atoms with E-state index in [1.54, 1.807) is 5.01 Å². The van der Waals surface area contributed by atoms with E-state index in [4.69, 9.17) is 4.74 Å². The number of hydrogen-bond acceptors (Lipinski definition) is 3. The molecule has 3 heteroatoms. The van der Waals surface area contributed by atoms with Gasteiger partial charge in [-0.15, -0.1) is 0 Å². The van der Waals surface area contributed by atoms with Crippen LogP contribution in [0.1, 0.15) is 25.3 Å². The molecule has 3 nitrogen and oxygen atoms in total. The van der Waals surface area contributed by atoms with Crippen molar-refractivity contribution in [2.75, 3.05) is 20.7 Å². The maximum atomic E-state index is 5.70. The van der Waals surface area contributed by atoms with E-state index in [2.05, 4.69) is 12.0 Å². The molecule has 0 aromatic heterocycles. The topological polar surface area (TPSA) is 24.8 Å². The minimum atomic E-state index is 0.767. The van der Waals surface area contributed by atoms with Crippen LogP contribution in [0.5, 0.6) is 5.75 Å². The molecule has 1 aromatic carbocycles. The molecule has 0 spiro atoms. The van der Waals surface area contributed by atoms with Crippen molar-refractivity contribution in [3.8, 4) is 5.75 Å². The van der Waals surface area contributed by atoms with Crippen molar-refractivity contribution in [1.82, 2.24) is 5.01 Å². The number of benzene rings is 1. The summed E-state index contributed by atoms with van der Waals surface area (Å²) in [6.45, 7) is 2.92. The minimum Gasteiger partial charge on any atom is -0.493 e. The lowest BCUT2D eigenvalue weighted by Gasteiger charge is -2.09. The van der Waals surface area contributed by atoms with Crippen molar-refractivity contribution < 1.29 is 4.74 Å². The number of nitrogens with zero attached hydrogens (tertiary/aromatic N) is 2.